The number of rotatable bonds is 6. The summed E-state index contributed by atoms with van der Waals surface area (Å²) in [6.07, 6.45) is 3.12. The molecule has 3 aromatic rings. The van der Waals surface area contributed by atoms with Gasteiger partial charge in [-0.25, -0.2) is 4.68 Å². The highest BCUT2D eigenvalue weighted by molar-refractivity contribution is 6.02. The first-order chi connectivity index (χ1) is 13.1. The van der Waals surface area contributed by atoms with Crippen molar-refractivity contribution in [3.63, 3.8) is 0 Å². The van der Waals surface area contributed by atoms with Gasteiger partial charge in [0.1, 0.15) is 11.5 Å². The average Bonchev–Trinajstić information content (AvgIpc) is 3.12. The maximum Gasteiger partial charge on any atom is 0.248 e. The molecule has 1 aromatic heterocycles. The summed E-state index contributed by atoms with van der Waals surface area (Å²) in [5, 5.41) is 14.2. The van der Waals surface area contributed by atoms with Gasteiger partial charge in [-0.2, -0.15) is 0 Å². The number of hydrogen-bond donors (Lipinski definition) is 1. The quantitative estimate of drug-likeness (QED) is 0.675. The molecule has 0 aliphatic rings. The third-order valence-electron chi connectivity index (χ3n) is 3.88. The van der Waals surface area contributed by atoms with Crippen LogP contribution >= 0.6 is 0 Å². The van der Waals surface area contributed by atoms with Crippen molar-refractivity contribution in [1.29, 1.82) is 0 Å². The summed E-state index contributed by atoms with van der Waals surface area (Å²) in [6, 6.07) is 12.7. The lowest BCUT2D eigenvalue weighted by Crippen LogP contribution is -2.07. The third kappa shape index (κ3) is 4.30. The zero-order valence-corrected chi connectivity index (χ0v) is 15.2. The van der Waals surface area contributed by atoms with Crippen LogP contribution in [0.25, 0.3) is 17.5 Å². The van der Waals surface area contributed by atoms with Crippen molar-refractivity contribution in [1.82, 2.24) is 20.2 Å². The molecule has 0 aliphatic heterocycles. The Morgan fingerprint density at radius 2 is 1.89 bits per heavy atom. The van der Waals surface area contributed by atoms with E-state index in [1.54, 1.807) is 62.4 Å². The van der Waals surface area contributed by atoms with Gasteiger partial charge in [0.2, 0.25) is 5.91 Å². The predicted octanol–water partition coefficient (Wildman–Crippen LogP) is 2.55. The summed E-state index contributed by atoms with van der Waals surface area (Å²) < 4.78 is 12.1. The molecule has 1 amide bonds. The molecule has 1 N–H and O–H groups in total. The van der Waals surface area contributed by atoms with Gasteiger partial charge in [0.25, 0.3) is 0 Å². The first-order valence-corrected chi connectivity index (χ1v) is 8.14. The Bertz CT molecular complexity index is 964. The molecule has 0 saturated heterocycles. The summed E-state index contributed by atoms with van der Waals surface area (Å²) in [5.41, 5.74) is 2.27. The SMILES string of the molecule is COc1ccc(OC)c(/C=C/C(=O)Nc2ccc(-c3nnnn3C)cc2)c1. The number of carbonyl (C=O) groups is 1. The molecule has 0 radical (unpaired) electrons. The van der Waals surface area contributed by atoms with Gasteiger partial charge in [-0.15, -0.1) is 5.10 Å². The topological polar surface area (TPSA) is 91.2 Å². The summed E-state index contributed by atoms with van der Waals surface area (Å²) in [6.45, 7) is 0. The van der Waals surface area contributed by atoms with Gasteiger partial charge in [0, 0.05) is 29.9 Å². The molecule has 0 atom stereocenters. The van der Waals surface area contributed by atoms with Crippen LogP contribution in [0.5, 0.6) is 11.5 Å². The second-order valence-corrected chi connectivity index (χ2v) is 5.63. The standard InChI is InChI=1S/C19H19N5O3/c1-24-19(21-22-23-24)13-4-7-15(8-5-13)20-18(25)11-6-14-12-16(26-2)9-10-17(14)27-3/h4-12H,1-3H3,(H,20,25)/b11-6+. The number of ether oxygens (including phenoxy) is 2. The average molecular weight is 365 g/mol. The van der Waals surface area contributed by atoms with Crippen LogP contribution in [0.1, 0.15) is 5.56 Å². The molecular weight excluding hydrogens is 346 g/mol. The van der Waals surface area contributed by atoms with Crippen molar-refractivity contribution in [2.24, 2.45) is 7.05 Å². The lowest BCUT2D eigenvalue weighted by molar-refractivity contribution is -0.111. The van der Waals surface area contributed by atoms with Crippen molar-refractivity contribution < 1.29 is 14.3 Å². The maximum atomic E-state index is 12.2. The molecule has 0 unspecified atom stereocenters. The fraction of sp³-hybridized carbons (Fsp3) is 0.158. The zero-order valence-electron chi connectivity index (χ0n) is 15.2. The van der Waals surface area contributed by atoms with E-state index < -0.39 is 0 Å². The van der Waals surface area contributed by atoms with Gasteiger partial charge in [-0.1, -0.05) is 0 Å². The predicted molar refractivity (Wildman–Crippen MR) is 101 cm³/mol. The number of tetrazole rings is 1. The number of methoxy groups -OCH3 is 2. The number of nitrogens with one attached hydrogen (secondary N) is 1. The number of carbonyl (C=O) groups excluding carboxylic acids is 1. The van der Waals surface area contributed by atoms with Gasteiger partial charge in [-0.3, -0.25) is 4.79 Å². The summed E-state index contributed by atoms with van der Waals surface area (Å²) >= 11 is 0. The van der Waals surface area contributed by atoms with Crippen molar-refractivity contribution >= 4 is 17.7 Å². The second-order valence-electron chi connectivity index (χ2n) is 5.63. The molecule has 0 bridgehead atoms. The van der Waals surface area contributed by atoms with E-state index in [4.69, 9.17) is 9.47 Å². The lowest BCUT2D eigenvalue weighted by Gasteiger charge is -2.07. The van der Waals surface area contributed by atoms with Crippen LogP contribution in [-0.4, -0.2) is 40.3 Å². The Hall–Kier alpha value is -3.68. The Labute approximate surface area is 156 Å². The van der Waals surface area contributed by atoms with Crippen LogP contribution < -0.4 is 14.8 Å². The molecule has 0 aliphatic carbocycles. The van der Waals surface area contributed by atoms with Crippen LogP contribution in [0.2, 0.25) is 0 Å². The van der Waals surface area contributed by atoms with Crippen LogP contribution in [0, 0.1) is 0 Å². The number of aryl methyl sites for hydroxylation is 1. The van der Waals surface area contributed by atoms with Gasteiger partial charge >= 0.3 is 0 Å². The Kier molecular flexibility index (Phi) is 5.46. The van der Waals surface area contributed by atoms with Crippen LogP contribution in [-0.2, 0) is 11.8 Å². The van der Waals surface area contributed by atoms with Gasteiger partial charge in [0.15, 0.2) is 5.82 Å². The van der Waals surface area contributed by atoms with E-state index in [9.17, 15) is 4.79 Å². The van der Waals surface area contributed by atoms with E-state index in [0.29, 0.717) is 23.0 Å². The van der Waals surface area contributed by atoms with Gasteiger partial charge in [-0.05, 0) is 59.0 Å². The van der Waals surface area contributed by atoms with E-state index in [1.807, 2.05) is 12.1 Å². The highest BCUT2D eigenvalue weighted by Crippen LogP contribution is 2.25. The monoisotopic (exact) mass is 365 g/mol. The molecule has 1 heterocycles. The lowest BCUT2D eigenvalue weighted by atomic mass is 10.1. The van der Waals surface area contributed by atoms with E-state index in [0.717, 1.165) is 11.1 Å². The maximum absolute atomic E-state index is 12.2. The molecule has 0 saturated carbocycles. The number of aromatic nitrogens is 4. The molecule has 27 heavy (non-hydrogen) atoms. The Morgan fingerprint density at radius 3 is 2.52 bits per heavy atom. The van der Waals surface area contributed by atoms with Crippen LogP contribution in [0.4, 0.5) is 5.69 Å². The number of amides is 1. The minimum absolute atomic E-state index is 0.257. The molecule has 3 rings (SSSR count). The summed E-state index contributed by atoms with van der Waals surface area (Å²) in [5.74, 6) is 1.73. The molecule has 138 valence electrons. The number of anilines is 1. The first-order valence-electron chi connectivity index (χ1n) is 8.14. The highest BCUT2D eigenvalue weighted by atomic mass is 16.5. The Balaban J connectivity index is 1.69. The molecule has 0 spiro atoms. The van der Waals surface area contributed by atoms with Crippen LogP contribution in [0.15, 0.2) is 48.5 Å². The fourth-order valence-electron chi connectivity index (χ4n) is 2.50. The minimum atomic E-state index is -0.257. The van der Waals surface area contributed by atoms with E-state index >= 15 is 0 Å². The number of nitrogens with zero attached hydrogens (tertiary/aromatic N) is 4. The van der Waals surface area contributed by atoms with Gasteiger partial charge in [0.05, 0.1) is 14.2 Å². The number of benzene rings is 2. The number of hydrogen-bond acceptors (Lipinski definition) is 6. The summed E-state index contributed by atoms with van der Waals surface area (Å²) in [7, 11) is 4.93. The fourth-order valence-corrected chi connectivity index (χ4v) is 2.50. The first kappa shape index (κ1) is 18.1. The van der Waals surface area contributed by atoms with Gasteiger partial charge < -0.3 is 14.8 Å². The van der Waals surface area contributed by atoms with E-state index in [2.05, 4.69) is 20.8 Å². The van der Waals surface area contributed by atoms with E-state index in [-0.39, 0.29) is 5.91 Å². The smallest absolute Gasteiger partial charge is 0.248 e. The molecule has 8 heteroatoms. The van der Waals surface area contributed by atoms with Crippen molar-refractivity contribution in [3.8, 4) is 22.9 Å². The normalized spacial score (nSPS) is 10.8. The molecule has 2 aromatic carbocycles. The largest absolute Gasteiger partial charge is 0.497 e. The zero-order chi connectivity index (χ0) is 19.2. The summed E-state index contributed by atoms with van der Waals surface area (Å²) in [4.78, 5) is 12.2. The highest BCUT2D eigenvalue weighted by Gasteiger charge is 2.06. The Morgan fingerprint density at radius 1 is 1.11 bits per heavy atom. The molecular formula is C19H19N5O3. The van der Waals surface area contributed by atoms with Crippen molar-refractivity contribution in [2.75, 3.05) is 19.5 Å². The van der Waals surface area contributed by atoms with Crippen LogP contribution in [0.3, 0.4) is 0 Å². The van der Waals surface area contributed by atoms with Crippen molar-refractivity contribution in [3.05, 3.63) is 54.1 Å². The third-order valence-corrected chi connectivity index (χ3v) is 3.88. The molecule has 0 fully saturated rings. The van der Waals surface area contributed by atoms with Crippen molar-refractivity contribution in [2.45, 2.75) is 0 Å². The minimum Gasteiger partial charge on any atom is -0.497 e. The second kappa shape index (κ2) is 8.13. The molecule has 8 nitrogen and oxygen atoms in total. The van der Waals surface area contributed by atoms with E-state index in [1.165, 1.54) is 6.08 Å².